The summed E-state index contributed by atoms with van der Waals surface area (Å²) in [5.74, 6) is 0.822. The van der Waals surface area contributed by atoms with Gasteiger partial charge in [0.1, 0.15) is 5.82 Å². The highest BCUT2D eigenvalue weighted by Gasteiger charge is 2.36. The number of benzene rings is 1. The molecule has 3 heterocycles. The molecule has 2 N–H and O–H groups in total. The van der Waals surface area contributed by atoms with E-state index >= 15 is 0 Å². The summed E-state index contributed by atoms with van der Waals surface area (Å²) in [5, 5.41) is 14.6. The van der Waals surface area contributed by atoms with Crippen molar-refractivity contribution in [3.05, 3.63) is 59.3 Å². The fourth-order valence-electron chi connectivity index (χ4n) is 4.98. The number of hydrogen-bond acceptors (Lipinski definition) is 5. The summed E-state index contributed by atoms with van der Waals surface area (Å²) in [6.45, 7) is 3.74. The summed E-state index contributed by atoms with van der Waals surface area (Å²) in [6, 6.07) is 12.7. The third-order valence-electron chi connectivity index (χ3n) is 7.17. The standard InChI is InChI=1S/C25H32N4O2/c30-24(20-8-12-26-23(16-20)27-22-6-3-7-22)29-14-10-25(31,11-15-29)18-28-13-9-19-4-1-2-5-21(19)17-28/h1-2,4-5,8,12,16,22,31H,3,6-7,9-11,13-15,17-18H2,(H,26,27). The quantitative estimate of drug-likeness (QED) is 0.778. The first kappa shape index (κ1) is 20.5. The highest BCUT2D eigenvalue weighted by Crippen LogP contribution is 2.28. The van der Waals surface area contributed by atoms with Gasteiger partial charge in [-0.15, -0.1) is 0 Å². The number of pyridine rings is 1. The Morgan fingerprint density at radius 1 is 1.13 bits per heavy atom. The zero-order chi connectivity index (χ0) is 21.3. The molecule has 1 saturated carbocycles. The van der Waals surface area contributed by atoms with Gasteiger partial charge in [-0.05, 0) is 61.8 Å². The maximum atomic E-state index is 13.0. The number of carbonyl (C=O) groups is 1. The molecule has 0 atom stereocenters. The number of β-amino-alcohol motifs (C(OH)–C–C–N with tert-alkyl or cyclic N) is 1. The molecule has 0 spiro atoms. The summed E-state index contributed by atoms with van der Waals surface area (Å²) >= 11 is 0. The summed E-state index contributed by atoms with van der Waals surface area (Å²) < 4.78 is 0. The number of anilines is 1. The van der Waals surface area contributed by atoms with Crippen LogP contribution in [0.1, 0.15) is 53.6 Å². The number of fused-ring (bicyclic) bond motifs is 1. The lowest BCUT2D eigenvalue weighted by atomic mass is 9.89. The molecular formula is C25H32N4O2. The molecule has 164 valence electrons. The van der Waals surface area contributed by atoms with Gasteiger partial charge in [0.25, 0.3) is 5.91 Å². The lowest BCUT2D eigenvalue weighted by molar-refractivity contribution is -0.0430. The number of carbonyl (C=O) groups excluding carboxylic acids is 1. The fraction of sp³-hybridized carbons (Fsp3) is 0.520. The number of rotatable bonds is 5. The molecular weight excluding hydrogens is 388 g/mol. The Balaban J connectivity index is 1.16. The summed E-state index contributed by atoms with van der Waals surface area (Å²) in [5.41, 5.74) is 2.75. The predicted molar refractivity (Wildman–Crippen MR) is 121 cm³/mol. The first-order valence-electron chi connectivity index (χ1n) is 11.6. The van der Waals surface area contributed by atoms with E-state index in [-0.39, 0.29) is 5.91 Å². The van der Waals surface area contributed by atoms with Crippen molar-refractivity contribution in [2.75, 3.05) is 31.5 Å². The molecule has 2 fully saturated rings. The minimum absolute atomic E-state index is 0.0352. The van der Waals surface area contributed by atoms with E-state index in [0.717, 1.165) is 25.3 Å². The Bertz CT molecular complexity index is 935. The number of nitrogens with zero attached hydrogens (tertiary/aromatic N) is 3. The Hall–Kier alpha value is -2.44. The zero-order valence-corrected chi connectivity index (χ0v) is 18.1. The highest BCUT2D eigenvalue weighted by atomic mass is 16.3. The monoisotopic (exact) mass is 420 g/mol. The van der Waals surface area contributed by atoms with Crippen LogP contribution in [0.4, 0.5) is 5.82 Å². The average Bonchev–Trinajstić information content (AvgIpc) is 2.76. The first-order valence-corrected chi connectivity index (χ1v) is 11.6. The molecule has 2 aliphatic heterocycles. The van der Waals surface area contributed by atoms with Crippen molar-refractivity contribution in [1.29, 1.82) is 0 Å². The number of likely N-dealkylation sites (tertiary alicyclic amines) is 1. The molecule has 3 aliphatic rings. The number of aromatic nitrogens is 1. The number of nitrogens with one attached hydrogen (secondary N) is 1. The largest absolute Gasteiger partial charge is 0.388 e. The molecule has 5 rings (SSSR count). The van der Waals surface area contributed by atoms with E-state index in [2.05, 4.69) is 39.5 Å². The van der Waals surface area contributed by atoms with E-state index in [1.54, 1.807) is 12.3 Å². The van der Waals surface area contributed by atoms with Crippen molar-refractivity contribution in [1.82, 2.24) is 14.8 Å². The Morgan fingerprint density at radius 3 is 2.65 bits per heavy atom. The molecule has 0 radical (unpaired) electrons. The van der Waals surface area contributed by atoms with Crippen LogP contribution in [0.25, 0.3) is 0 Å². The summed E-state index contributed by atoms with van der Waals surface area (Å²) in [4.78, 5) is 21.6. The van der Waals surface area contributed by atoms with Crippen molar-refractivity contribution in [3.63, 3.8) is 0 Å². The Kier molecular flexibility index (Phi) is 5.67. The molecule has 1 aliphatic carbocycles. The molecule has 1 aromatic heterocycles. The van der Waals surface area contributed by atoms with Gasteiger partial charge in [0, 0.05) is 50.5 Å². The van der Waals surface area contributed by atoms with E-state index in [9.17, 15) is 9.90 Å². The van der Waals surface area contributed by atoms with Crippen LogP contribution in [-0.4, -0.2) is 63.6 Å². The van der Waals surface area contributed by atoms with Gasteiger partial charge in [0.05, 0.1) is 5.60 Å². The average molecular weight is 421 g/mol. The number of aliphatic hydroxyl groups is 1. The van der Waals surface area contributed by atoms with Crippen LogP contribution in [0.2, 0.25) is 0 Å². The van der Waals surface area contributed by atoms with E-state index in [1.165, 1.54) is 30.4 Å². The van der Waals surface area contributed by atoms with Gasteiger partial charge < -0.3 is 15.3 Å². The van der Waals surface area contributed by atoms with Crippen molar-refractivity contribution >= 4 is 11.7 Å². The molecule has 1 amide bonds. The normalized spacial score (nSPS) is 21.3. The topological polar surface area (TPSA) is 68.7 Å². The van der Waals surface area contributed by atoms with Gasteiger partial charge in [0.15, 0.2) is 0 Å². The van der Waals surface area contributed by atoms with Crippen molar-refractivity contribution in [2.45, 2.75) is 56.7 Å². The Morgan fingerprint density at radius 2 is 1.90 bits per heavy atom. The fourth-order valence-corrected chi connectivity index (χ4v) is 4.98. The van der Waals surface area contributed by atoms with Gasteiger partial charge in [0.2, 0.25) is 0 Å². The van der Waals surface area contributed by atoms with Gasteiger partial charge in [-0.3, -0.25) is 9.69 Å². The smallest absolute Gasteiger partial charge is 0.254 e. The Labute approximate surface area is 184 Å². The number of hydrogen-bond donors (Lipinski definition) is 2. The van der Waals surface area contributed by atoms with Crippen molar-refractivity contribution in [3.8, 4) is 0 Å². The summed E-state index contributed by atoms with van der Waals surface area (Å²) in [6.07, 6.45) is 7.60. The van der Waals surface area contributed by atoms with E-state index in [4.69, 9.17) is 0 Å². The maximum absolute atomic E-state index is 13.0. The van der Waals surface area contributed by atoms with Gasteiger partial charge in [-0.25, -0.2) is 4.98 Å². The molecule has 31 heavy (non-hydrogen) atoms. The van der Waals surface area contributed by atoms with Crippen molar-refractivity contribution < 1.29 is 9.90 Å². The van der Waals surface area contributed by atoms with Crippen LogP contribution in [0.15, 0.2) is 42.6 Å². The molecule has 2 aromatic rings. The van der Waals surface area contributed by atoms with Crippen LogP contribution in [0, 0.1) is 0 Å². The third-order valence-corrected chi connectivity index (χ3v) is 7.17. The van der Waals surface area contributed by atoms with Crippen LogP contribution in [0.5, 0.6) is 0 Å². The zero-order valence-electron chi connectivity index (χ0n) is 18.1. The van der Waals surface area contributed by atoms with Gasteiger partial charge in [-0.2, -0.15) is 0 Å². The van der Waals surface area contributed by atoms with Crippen LogP contribution >= 0.6 is 0 Å². The van der Waals surface area contributed by atoms with Crippen LogP contribution in [-0.2, 0) is 13.0 Å². The second-order valence-corrected chi connectivity index (χ2v) is 9.45. The lowest BCUT2D eigenvalue weighted by Crippen LogP contribution is -2.52. The lowest BCUT2D eigenvalue weighted by Gasteiger charge is -2.42. The number of piperidine rings is 1. The predicted octanol–water partition coefficient (Wildman–Crippen LogP) is 3.07. The first-order chi connectivity index (χ1) is 15.1. The minimum Gasteiger partial charge on any atom is -0.388 e. The van der Waals surface area contributed by atoms with E-state index in [1.807, 2.05) is 11.0 Å². The van der Waals surface area contributed by atoms with Crippen molar-refractivity contribution in [2.24, 2.45) is 0 Å². The van der Waals surface area contributed by atoms with Crippen LogP contribution < -0.4 is 5.32 Å². The number of amides is 1. The van der Waals surface area contributed by atoms with Gasteiger partial charge in [-0.1, -0.05) is 24.3 Å². The molecule has 1 aromatic carbocycles. The minimum atomic E-state index is -0.724. The second kappa shape index (κ2) is 8.60. The van der Waals surface area contributed by atoms with E-state index < -0.39 is 5.60 Å². The third kappa shape index (κ3) is 4.60. The highest BCUT2D eigenvalue weighted by molar-refractivity contribution is 5.94. The van der Waals surface area contributed by atoms with E-state index in [0.29, 0.717) is 44.1 Å². The molecule has 6 heteroatoms. The maximum Gasteiger partial charge on any atom is 0.254 e. The molecule has 1 saturated heterocycles. The molecule has 6 nitrogen and oxygen atoms in total. The SMILES string of the molecule is O=C(c1ccnc(NC2CCC2)c1)N1CCC(O)(CN2CCc3ccccc3C2)CC1. The molecule has 0 bridgehead atoms. The van der Waals surface area contributed by atoms with Gasteiger partial charge >= 0.3 is 0 Å². The van der Waals surface area contributed by atoms with Crippen LogP contribution in [0.3, 0.4) is 0 Å². The second-order valence-electron chi connectivity index (χ2n) is 9.45. The summed E-state index contributed by atoms with van der Waals surface area (Å²) in [7, 11) is 0. The molecule has 0 unspecified atom stereocenters.